The van der Waals surface area contributed by atoms with E-state index >= 15 is 0 Å². The highest BCUT2D eigenvalue weighted by molar-refractivity contribution is 9.10. The number of ether oxygens (including phenoxy) is 1. The van der Waals surface area contributed by atoms with Gasteiger partial charge in [-0.05, 0) is 34.8 Å². The zero-order valence-electron chi connectivity index (χ0n) is 10.8. The lowest BCUT2D eigenvalue weighted by atomic mass is 10.2. The average Bonchev–Trinajstić information content (AvgIpc) is 3.19. The predicted molar refractivity (Wildman–Crippen MR) is 76.5 cm³/mol. The van der Waals surface area contributed by atoms with Gasteiger partial charge < -0.3 is 10.1 Å². The largest absolute Gasteiger partial charge is 0.492 e. The Morgan fingerprint density at radius 2 is 2.32 bits per heavy atom. The van der Waals surface area contributed by atoms with Crippen molar-refractivity contribution in [2.75, 3.05) is 13.2 Å². The number of hydrogen-bond donors (Lipinski definition) is 1. The minimum Gasteiger partial charge on any atom is -0.492 e. The molecule has 6 heteroatoms. The molecule has 1 fully saturated rings. The number of nitro benzene ring substituents is 1. The van der Waals surface area contributed by atoms with Gasteiger partial charge in [0, 0.05) is 24.6 Å². The monoisotopic (exact) mass is 328 g/mol. The van der Waals surface area contributed by atoms with E-state index in [0.29, 0.717) is 24.3 Å². The molecule has 0 aromatic heterocycles. The Morgan fingerprint density at radius 1 is 1.58 bits per heavy atom. The molecular formula is C13H17BrN2O3. The summed E-state index contributed by atoms with van der Waals surface area (Å²) in [5, 5.41) is 14.1. The average molecular weight is 329 g/mol. The molecule has 0 spiro atoms. The topological polar surface area (TPSA) is 64.4 Å². The van der Waals surface area contributed by atoms with Crippen molar-refractivity contribution >= 4 is 21.6 Å². The first-order valence-electron chi connectivity index (χ1n) is 6.36. The van der Waals surface area contributed by atoms with Gasteiger partial charge >= 0.3 is 0 Å². The van der Waals surface area contributed by atoms with E-state index in [1.54, 1.807) is 6.07 Å². The van der Waals surface area contributed by atoms with Crippen molar-refractivity contribution in [3.63, 3.8) is 0 Å². The molecule has 1 aliphatic rings. The van der Waals surface area contributed by atoms with Gasteiger partial charge in [0.05, 0.1) is 22.1 Å². The molecule has 0 bridgehead atoms. The predicted octanol–water partition coefficient (Wildman–Crippen LogP) is 3.12. The maximum atomic E-state index is 10.7. The maximum absolute atomic E-state index is 10.7. The lowest BCUT2D eigenvalue weighted by Gasteiger charge is -2.14. The molecule has 1 N–H and O–H groups in total. The summed E-state index contributed by atoms with van der Waals surface area (Å²) in [7, 11) is 0. The Balaban J connectivity index is 1.86. The number of hydrogen-bond acceptors (Lipinski definition) is 4. The number of non-ortho nitro benzene ring substituents is 1. The number of nitrogens with zero attached hydrogens (tertiary/aromatic N) is 1. The van der Waals surface area contributed by atoms with Crippen molar-refractivity contribution in [1.29, 1.82) is 0 Å². The van der Waals surface area contributed by atoms with Gasteiger partial charge in [0.25, 0.3) is 5.69 Å². The third kappa shape index (κ3) is 4.47. The van der Waals surface area contributed by atoms with Crippen molar-refractivity contribution < 1.29 is 9.66 Å². The Morgan fingerprint density at radius 3 is 2.95 bits per heavy atom. The maximum Gasteiger partial charge on any atom is 0.273 e. The first-order chi connectivity index (χ1) is 9.06. The van der Waals surface area contributed by atoms with E-state index in [1.165, 1.54) is 25.0 Å². The molecule has 1 aliphatic carbocycles. The van der Waals surface area contributed by atoms with Crippen LogP contribution in [0.15, 0.2) is 22.7 Å². The number of benzene rings is 1. The van der Waals surface area contributed by atoms with E-state index in [1.807, 2.05) is 0 Å². The van der Waals surface area contributed by atoms with E-state index in [0.717, 1.165) is 11.0 Å². The highest BCUT2D eigenvalue weighted by Crippen LogP contribution is 2.29. The lowest BCUT2D eigenvalue weighted by molar-refractivity contribution is -0.385. The third-order valence-electron chi connectivity index (χ3n) is 2.98. The second-order valence-corrected chi connectivity index (χ2v) is 5.82. The Kier molecular flexibility index (Phi) is 4.76. The molecule has 2 rings (SSSR count). The molecular weight excluding hydrogens is 312 g/mol. The number of rotatable bonds is 7. The summed E-state index contributed by atoms with van der Waals surface area (Å²) in [5.41, 5.74) is 0.0435. The number of nitrogens with one attached hydrogen (secondary N) is 1. The van der Waals surface area contributed by atoms with Gasteiger partial charge in [0.15, 0.2) is 0 Å². The van der Waals surface area contributed by atoms with E-state index in [4.69, 9.17) is 4.74 Å². The Bertz CT molecular complexity index is 463. The van der Waals surface area contributed by atoms with Gasteiger partial charge in [-0.15, -0.1) is 0 Å². The van der Waals surface area contributed by atoms with Gasteiger partial charge in [-0.25, -0.2) is 0 Å². The number of halogens is 1. The summed E-state index contributed by atoms with van der Waals surface area (Å²) in [6, 6.07) is 5.23. The summed E-state index contributed by atoms with van der Waals surface area (Å²) >= 11 is 3.34. The van der Waals surface area contributed by atoms with Crippen LogP contribution in [0.5, 0.6) is 5.75 Å². The van der Waals surface area contributed by atoms with Crippen LogP contribution >= 0.6 is 15.9 Å². The summed E-state index contributed by atoms with van der Waals surface area (Å²) in [4.78, 5) is 10.3. The molecule has 0 saturated heterocycles. The van der Waals surface area contributed by atoms with Crippen LogP contribution in [0.3, 0.4) is 0 Å². The van der Waals surface area contributed by atoms with Gasteiger partial charge in [-0.1, -0.05) is 6.92 Å². The van der Waals surface area contributed by atoms with Gasteiger partial charge in [0.1, 0.15) is 5.75 Å². The fourth-order valence-corrected chi connectivity index (χ4v) is 2.02. The van der Waals surface area contributed by atoms with Crippen LogP contribution in [0.1, 0.15) is 19.8 Å². The second kappa shape index (κ2) is 6.34. The third-order valence-corrected chi connectivity index (χ3v) is 3.64. The summed E-state index contributed by atoms with van der Waals surface area (Å²) in [6.07, 6.45) is 2.54. The van der Waals surface area contributed by atoms with Gasteiger partial charge in [-0.3, -0.25) is 10.1 Å². The van der Waals surface area contributed by atoms with Crippen LogP contribution in [0.25, 0.3) is 0 Å². The molecule has 19 heavy (non-hydrogen) atoms. The van der Waals surface area contributed by atoms with E-state index in [-0.39, 0.29) is 5.69 Å². The molecule has 1 aromatic carbocycles. The zero-order chi connectivity index (χ0) is 13.8. The summed E-state index contributed by atoms with van der Waals surface area (Å²) in [5.74, 6) is 0.888. The SMILES string of the molecule is CC(CNC1CC1)COc1cc([N+](=O)[O-])ccc1Br. The minimum absolute atomic E-state index is 0.0435. The van der Waals surface area contributed by atoms with Crippen LogP contribution in [0, 0.1) is 16.0 Å². The molecule has 0 amide bonds. The van der Waals surface area contributed by atoms with Crippen LogP contribution in [-0.2, 0) is 0 Å². The minimum atomic E-state index is -0.419. The molecule has 5 nitrogen and oxygen atoms in total. The molecule has 0 aliphatic heterocycles. The molecule has 1 aromatic rings. The quantitative estimate of drug-likeness (QED) is 0.617. The van der Waals surface area contributed by atoms with E-state index < -0.39 is 4.92 Å². The zero-order valence-corrected chi connectivity index (χ0v) is 12.4. The van der Waals surface area contributed by atoms with Crippen LogP contribution in [0.4, 0.5) is 5.69 Å². The fraction of sp³-hybridized carbons (Fsp3) is 0.538. The van der Waals surface area contributed by atoms with Crippen LogP contribution < -0.4 is 10.1 Å². The van der Waals surface area contributed by atoms with Gasteiger partial charge in [-0.2, -0.15) is 0 Å². The van der Waals surface area contributed by atoms with Crippen molar-refractivity contribution in [2.45, 2.75) is 25.8 Å². The second-order valence-electron chi connectivity index (χ2n) is 4.97. The molecule has 104 valence electrons. The highest BCUT2D eigenvalue weighted by atomic mass is 79.9. The smallest absolute Gasteiger partial charge is 0.273 e. The summed E-state index contributed by atoms with van der Waals surface area (Å²) < 4.78 is 6.39. The molecule has 1 atom stereocenters. The first kappa shape index (κ1) is 14.3. The van der Waals surface area contributed by atoms with Crippen molar-refractivity contribution in [3.8, 4) is 5.75 Å². The van der Waals surface area contributed by atoms with Crippen molar-refractivity contribution in [1.82, 2.24) is 5.32 Å². The fourth-order valence-electron chi connectivity index (χ4n) is 1.66. The summed E-state index contributed by atoms with van der Waals surface area (Å²) in [6.45, 7) is 3.55. The van der Waals surface area contributed by atoms with Gasteiger partial charge in [0.2, 0.25) is 0 Å². The number of nitro groups is 1. The Labute approximate surface area is 120 Å². The first-order valence-corrected chi connectivity index (χ1v) is 7.15. The van der Waals surface area contributed by atoms with Crippen LogP contribution in [0.2, 0.25) is 0 Å². The van der Waals surface area contributed by atoms with Crippen molar-refractivity contribution in [3.05, 3.63) is 32.8 Å². The molecule has 1 unspecified atom stereocenters. The highest BCUT2D eigenvalue weighted by Gasteiger charge is 2.21. The normalized spacial score (nSPS) is 16.1. The molecule has 0 radical (unpaired) electrons. The molecule has 1 saturated carbocycles. The van der Waals surface area contributed by atoms with E-state index in [2.05, 4.69) is 28.2 Å². The van der Waals surface area contributed by atoms with Crippen LogP contribution in [-0.4, -0.2) is 24.1 Å². The molecule has 0 heterocycles. The lowest BCUT2D eigenvalue weighted by Crippen LogP contribution is -2.26. The van der Waals surface area contributed by atoms with E-state index in [9.17, 15) is 10.1 Å². The van der Waals surface area contributed by atoms with Crippen molar-refractivity contribution in [2.24, 2.45) is 5.92 Å². The Hall–Kier alpha value is -1.14. The standard InChI is InChI=1S/C13H17BrN2O3/c1-9(7-15-10-2-3-10)8-19-13-6-11(16(17)18)4-5-12(13)14/h4-6,9-10,15H,2-3,7-8H2,1H3.